The van der Waals surface area contributed by atoms with Gasteiger partial charge in [-0.15, -0.1) is 22.7 Å². The standard InChI is InChI=1S/C24H22N4O2S2/c29-21(14-17-15-31-24(25-17)27-22(30)16-8-2-1-3-9-16)28-13-7-6-11-19(28)23-26-18-10-4-5-12-20(18)32-23/h1-5,8-10,12,15,19H,6-7,11,13-14H2,(H,25,27,30). The van der Waals surface area contributed by atoms with Crippen molar-refractivity contribution in [1.82, 2.24) is 14.9 Å². The lowest BCUT2D eigenvalue weighted by atomic mass is 10.0. The van der Waals surface area contributed by atoms with E-state index in [4.69, 9.17) is 4.98 Å². The molecule has 6 nitrogen and oxygen atoms in total. The van der Waals surface area contributed by atoms with Crippen LogP contribution in [0.15, 0.2) is 60.0 Å². The molecule has 0 spiro atoms. The summed E-state index contributed by atoms with van der Waals surface area (Å²) in [7, 11) is 0. The molecule has 0 radical (unpaired) electrons. The number of para-hydroxylation sites is 1. The third-order valence-electron chi connectivity index (χ3n) is 5.56. The van der Waals surface area contributed by atoms with Crippen LogP contribution in [0.5, 0.6) is 0 Å². The number of aromatic nitrogens is 2. The van der Waals surface area contributed by atoms with Crippen LogP contribution in [0, 0.1) is 0 Å². The molecule has 1 aliphatic rings. The maximum Gasteiger partial charge on any atom is 0.257 e. The Morgan fingerprint density at radius 1 is 1.03 bits per heavy atom. The summed E-state index contributed by atoms with van der Waals surface area (Å²) in [5, 5.41) is 6.17. The van der Waals surface area contributed by atoms with Crippen molar-refractivity contribution in [2.75, 3.05) is 11.9 Å². The van der Waals surface area contributed by atoms with Crippen LogP contribution in [0.2, 0.25) is 0 Å². The van der Waals surface area contributed by atoms with E-state index in [1.807, 2.05) is 46.7 Å². The number of benzene rings is 2. The number of amides is 2. The van der Waals surface area contributed by atoms with Gasteiger partial charge in [0.2, 0.25) is 5.91 Å². The number of nitrogens with one attached hydrogen (secondary N) is 1. The molecule has 32 heavy (non-hydrogen) atoms. The van der Waals surface area contributed by atoms with Gasteiger partial charge in [-0.05, 0) is 43.5 Å². The van der Waals surface area contributed by atoms with Gasteiger partial charge in [-0.1, -0.05) is 30.3 Å². The van der Waals surface area contributed by atoms with Gasteiger partial charge in [0.1, 0.15) is 5.01 Å². The fraction of sp³-hybridized carbons (Fsp3) is 0.250. The highest BCUT2D eigenvalue weighted by atomic mass is 32.1. The van der Waals surface area contributed by atoms with Gasteiger partial charge >= 0.3 is 0 Å². The SMILES string of the molecule is O=C(Nc1nc(CC(=O)N2CCCCC2c2nc3ccccc3s2)cs1)c1ccccc1. The number of fused-ring (bicyclic) bond motifs is 1. The van der Waals surface area contributed by atoms with Crippen LogP contribution in [0.3, 0.4) is 0 Å². The third kappa shape index (κ3) is 4.42. The first-order chi connectivity index (χ1) is 15.7. The predicted octanol–water partition coefficient (Wildman–Crippen LogP) is 5.30. The van der Waals surface area contributed by atoms with Crippen LogP contribution < -0.4 is 5.32 Å². The zero-order valence-electron chi connectivity index (χ0n) is 17.4. The van der Waals surface area contributed by atoms with E-state index in [1.165, 1.54) is 11.3 Å². The van der Waals surface area contributed by atoms with Gasteiger partial charge in [0.05, 0.1) is 28.4 Å². The molecule has 2 amide bonds. The van der Waals surface area contributed by atoms with Crippen LogP contribution in [0.1, 0.15) is 46.4 Å². The molecule has 1 unspecified atom stereocenters. The highest BCUT2D eigenvalue weighted by Gasteiger charge is 2.30. The van der Waals surface area contributed by atoms with Crippen molar-refractivity contribution >= 4 is 49.8 Å². The Morgan fingerprint density at radius 3 is 2.69 bits per heavy atom. The average molecular weight is 463 g/mol. The molecule has 5 rings (SSSR count). The van der Waals surface area contributed by atoms with Crippen molar-refractivity contribution in [3.63, 3.8) is 0 Å². The van der Waals surface area contributed by atoms with Gasteiger partial charge in [-0.2, -0.15) is 0 Å². The van der Waals surface area contributed by atoms with Crippen LogP contribution >= 0.6 is 22.7 Å². The number of thiazole rings is 2. The molecule has 0 aliphatic carbocycles. The van der Waals surface area contributed by atoms with Gasteiger partial charge in [0.15, 0.2) is 5.13 Å². The summed E-state index contributed by atoms with van der Waals surface area (Å²) in [5.41, 5.74) is 2.24. The number of carbonyl (C=O) groups is 2. The van der Waals surface area contributed by atoms with Crippen LogP contribution in [0.25, 0.3) is 10.2 Å². The molecule has 3 heterocycles. The molecule has 1 saturated heterocycles. The average Bonchev–Trinajstić information content (AvgIpc) is 3.46. The maximum absolute atomic E-state index is 13.2. The second kappa shape index (κ2) is 9.18. The van der Waals surface area contributed by atoms with E-state index in [9.17, 15) is 9.59 Å². The van der Waals surface area contributed by atoms with Crippen molar-refractivity contribution in [2.24, 2.45) is 0 Å². The molecule has 0 saturated carbocycles. The number of anilines is 1. The Labute approximate surface area is 193 Å². The van der Waals surface area contributed by atoms with E-state index >= 15 is 0 Å². The van der Waals surface area contributed by atoms with E-state index in [0.29, 0.717) is 16.4 Å². The number of carbonyl (C=O) groups excluding carboxylic acids is 2. The van der Waals surface area contributed by atoms with Gasteiger partial charge in [-0.25, -0.2) is 9.97 Å². The molecular weight excluding hydrogens is 440 g/mol. The summed E-state index contributed by atoms with van der Waals surface area (Å²) in [4.78, 5) is 36.8. The highest BCUT2D eigenvalue weighted by molar-refractivity contribution is 7.18. The lowest BCUT2D eigenvalue weighted by Crippen LogP contribution is -2.39. The van der Waals surface area contributed by atoms with Crippen LogP contribution in [-0.4, -0.2) is 33.2 Å². The molecule has 8 heteroatoms. The highest BCUT2D eigenvalue weighted by Crippen LogP contribution is 2.36. The zero-order chi connectivity index (χ0) is 21.9. The molecule has 1 fully saturated rings. The summed E-state index contributed by atoms with van der Waals surface area (Å²) >= 11 is 3.01. The molecule has 1 atom stereocenters. The molecule has 0 bridgehead atoms. The zero-order valence-corrected chi connectivity index (χ0v) is 19.0. The normalized spacial score (nSPS) is 16.2. The minimum absolute atomic E-state index is 0.0181. The quantitative estimate of drug-likeness (QED) is 0.437. The van der Waals surface area contributed by atoms with Gasteiger partial charge < -0.3 is 4.90 Å². The van der Waals surface area contributed by atoms with E-state index in [1.54, 1.807) is 23.5 Å². The van der Waals surface area contributed by atoms with E-state index < -0.39 is 0 Å². The number of nitrogens with zero attached hydrogens (tertiary/aromatic N) is 3. The Hall–Kier alpha value is -3.10. The maximum atomic E-state index is 13.2. The smallest absolute Gasteiger partial charge is 0.257 e. The molecule has 4 aromatic rings. The summed E-state index contributed by atoms with van der Waals surface area (Å²) < 4.78 is 1.15. The monoisotopic (exact) mass is 462 g/mol. The number of hydrogen-bond acceptors (Lipinski definition) is 6. The summed E-state index contributed by atoms with van der Waals surface area (Å²) in [5.74, 6) is -0.148. The number of piperidine rings is 1. The van der Waals surface area contributed by atoms with Crippen molar-refractivity contribution in [2.45, 2.75) is 31.7 Å². The van der Waals surface area contributed by atoms with Crippen LogP contribution in [0.4, 0.5) is 5.13 Å². The van der Waals surface area contributed by atoms with Crippen LogP contribution in [-0.2, 0) is 11.2 Å². The lowest BCUT2D eigenvalue weighted by molar-refractivity contribution is -0.134. The second-order valence-electron chi connectivity index (χ2n) is 7.76. The topological polar surface area (TPSA) is 75.2 Å². The third-order valence-corrected chi connectivity index (χ3v) is 7.50. The Kier molecular flexibility index (Phi) is 5.96. The minimum atomic E-state index is -0.204. The van der Waals surface area contributed by atoms with Gasteiger partial charge in [0.25, 0.3) is 5.91 Å². The fourth-order valence-corrected chi connectivity index (χ4v) is 5.80. The predicted molar refractivity (Wildman–Crippen MR) is 128 cm³/mol. The Bertz CT molecular complexity index is 1220. The first kappa shape index (κ1) is 20.8. The number of likely N-dealkylation sites (tertiary alicyclic amines) is 1. The van der Waals surface area contributed by atoms with Crippen molar-refractivity contribution in [3.8, 4) is 0 Å². The minimum Gasteiger partial charge on any atom is -0.333 e. The molecule has 1 N–H and O–H groups in total. The summed E-state index contributed by atoms with van der Waals surface area (Å²) in [6, 6.07) is 17.1. The molecule has 1 aliphatic heterocycles. The first-order valence-corrected chi connectivity index (χ1v) is 12.3. The van der Waals surface area contributed by atoms with E-state index in [0.717, 1.165) is 41.0 Å². The van der Waals surface area contributed by atoms with Crippen molar-refractivity contribution in [1.29, 1.82) is 0 Å². The van der Waals surface area contributed by atoms with Gasteiger partial charge in [0, 0.05) is 17.5 Å². The Morgan fingerprint density at radius 2 is 1.84 bits per heavy atom. The first-order valence-electron chi connectivity index (χ1n) is 10.6. The van der Waals surface area contributed by atoms with Gasteiger partial charge in [-0.3, -0.25) is 14.9 Å². The number of rotatable bonds is 5. The molecule has 2 aromatic carbocycles. The summed E-state index contributed by atoms with van der Waals surface area (Å²) in [6.07, 6.45) is 3.25. The second-order valence-corrected chi connectivity index (χ2v) is 9.68. The summed E-state index contributed by atoms with van der Waals surface area (Å²) in [6.45, 7) is 0.737. The largest absolute Gasteiger partial charge is 0.333 e. The lowest BCUT2D eigenvalue weighted by Gasteiger charge is -2.34. The van der Waals surface area contributed by atoms with Crippen molar-refractivity contribution in [3.05, 3.63) is 76.2 Å². The fourth-order valence-electron chi connectivity index (χ4n) is 3.98. The molecule has 2 aromatic heterocycles. The van der Waals surface area contributed by atoms with Crippen molar-refractivity contribution < 1.29 is 9.59 Å². The molecule has 162 valence electrons. The molecular formula is C24H22N4O2S2. The Balaban J connectivity index is 1.28. The van der Waals surface area contributed by atoms with E-state index in [2.05, 4.69) is 16.4 Å². The van der Waals surface area contributed by atoms with E-state index in [-0.39, 0.29) is 24.3 Å². The number of hydrogen-bond donors (Lipinski definition) is 1.